The van der Waals surface area contributed by atoms with Crippen molar-refractivity contribution in [2.75, 3.05) is 53.1 Å². The van der Waals surface area contributed by atoms with Gasteiger partial charge in [0.05, 0.1) is 35.6 Å². The molecule has 3 fully saturated rings. The van der Waals surface area contributed by atoms with Crippen LogP contribution < -0.4 is 14.5 Å². The number of alkyl halides is 2. The molecule has 3 aliphatic rings. The fourth-order valence-electron chi connectivity index (χ4n) is 5.54. The van der Waals surface area contributed by atoms with Crippen molar-refractivity contribution < 1.29 is 22.5 Å². The highest BCUT2D eigenvalue weighted by molar-refractivity contribution is 7.86. The number of aliphatic hydroxyl groups is 1. The Morgan fingerprint density at radius 1 is 0.925 bits per heavy atom. The average molecular weight is 576 g/mol. The third-order valence-corrected chi connectivity index (χ3v) is 9.25. The zero-order chi connectivity index (χ0) is 27.9. The van der Waals surface area contributed by atoms with Gasteiger partial charge in [-0.25, -0.2) is 27.0 Å². The first-order valence-corrected chi connectivity index (χ1v) is 14.9. The van der Waals surface area contributed by atoms with Crippen LogP contribution in [0.5, 0.6) is 0 Å². The summed E-state index contributed by atoms with van der Waals surface area (Å²) in [5, 5.41) is 17.8. The summed E-state index contributed by atoms with van der Waals surface area (Å²) in [5.41, 5.74) is 3.69. The number of pyridine rings is 1. The van der Waals surface area contributed by atoms with Gasteiger partial charge in [-0.05, 0) is 61.4 Å². The lowest BCUT2D eigenvalue weighted by Crippen LogP contribution is -2.40. The number of aromatic nitrogens is 4. The number of nitrogens with zero attached hydrogens (tertiary/aromatic N) is 6. The molecular weight excluding hydrogens is 543 g/mol. The number of aliphatic hydroxyl groups excluding tert-OH is 1. The second-order valence-electron chi connectivity index (χ2n) is 11.0. The molecule has 2 aromatic heterocycles. The van der Waals surface area contributed by atoms with E-state index in [9.17, 15) is 17.4 Å². The molecule has 214 valence electrons. The Kier molecular flexibility index (Phi) is 7.19. The van der Waals surface area contributed by atoms with Crippen LogP contribution in [0.4, 0.5) is 30.4 Å². The van der Waals surface area contributed by atoms with Crippen LogP contribution in [0.2, 0.25) is 0 Å². The van der Waals surface area contributed by atoms with Gasteiger partial charge in [-0.1, -0.05) is 5.21 Å². The Balaban J connectivity index is 1.28. The molecular formula is C27H32F3N7O2S. The summed E-state index contributed by atoms with van der Waals surface area (Å²) in [4.78, 5) is 8.29. The van der Waals surface area contributed by atoms with Crippen LogP contribution in [0.1, 0.15) is 38.5 Å². The predicted molar refractivity (Wildman–Crippen MR) is 148 cm³/mol. The summed E-state index contributed by atoms with van der Waals surface area (Å²) < 4.78 is 58.8. The van der Waals surface area contributed by atoms with Gasteiger partial charge in [-0.3, -0.25) is 0 Å². The minimum absolute atomic E-state index is 0.0248. The van der Waals surface area contributed by atoms with Gasteiger partial charge in [-0.15, -0.1) is 5.10 Å². The van der Waals surface area contributed by atoms with Gasteiger partial charge in [0.2, 0.25) is 0 Å². The van der Waals surface area contributed by atoms with Crippen molar-refractivity contribution in [1.29, 1.82) is 0 Å². The highest BCUT2D eigenvalue weighted by Gasteiger charge is 2.44. The maximum absolute atomic E-state index is 14.6. The standard InChI is InChI=1S/C27H32F3N7O2S/c28-20-2-3-21(31-25(20)36-13-9-27(29,30)10-14-36)22-18-37(34-32-22)23-4-1-19(33-40(39)16-15-38)17-24(23)35-11-7-26(5-6-26)8-12-35/h1-4,17-18,33,38H,5-16H2. The zero-order valence-electron chi connectivity index (χ0n) is 22.0. The first kappa shape index (κ1) is 27.0. The number of hydrogen-bond acceptors (Lipinski definition) is 7. The number of piperidine rings is 2. The van der Waals surface area contributed by atoms with Crippen molar-refractivity contribution in [1.82, 2.24) is 20.0 Å². The molecule has 0 bridgehead atoms. The van der Waals surface area contributed by atoms with Gasteiger partial charge in [0.1, 0.15) is 16.7 Å². The molecule has 1 spiro atoms. The second-order valence-corrected chi connectivity index (χ2v) is 12.3. The number of rotatable bonds is 8. The van der Waals surface area contributed by atoms with E-state index in [1.54, 1.807) is 15.8 Å². The molecule has 2 saturated heterocycles. The minimum atomic E-state index is -2.74. The predicted octanol–water partition coefficient (Wildman–Crippen LogP) is 4.15. The van der Waals surface area contributed by atoms with E-state index in [1.165, 1.54) is 25.0 Å². The summed E-state index contributed by atoms with van der Waals surface area (Å²) in [6, 6.07) is 8.42. The van der Waals surface area contributed by atoms with Crippen molar-refractivity contribution >= 4 is 28.2 Å². The van der Waals surface area contributed by atoms with E-state index in [0.717, 1.165) is 37.3 Å². The molecule has 13 heteroatoms. The fraction of sp³-hybridized carbons (Fsp3) is 0.519. The maximum Gasteiger partial charge on any atom is 0.251 e. The highest BCUT2D eigenvalue weighted by atomic mass is 32.2. The first-order valence-electron chi connectivity index (χ1n) is 13.6. The third-order valence-electron chi connectivity index (χ3n) is 8.23. The Labute approximate surface area is 233 Å². The number of halogens is 3. The smallest absolute Gasteiger partial charge is 0.251 e. The van der Waals surface area contributed by atoms with Gasteiger partial charge in [0.25, 0.3) is 5.92 Å². The largest absolute Gasteiger partial charge is 0.395 e. The summed E-state index contributed by atoms with van der Waals surface area (Å²) in [6.07, 6.45) is 5.85. The topological polar surface area (TPSA) is 99.4 Å². The van der Waals surface area contributed by atoms with E-state index in [-0.39, 0.29) is 44.1 Å². The van der Waals surface area contributed by atoms with Gasteiger partial charge in [-0.2, -0.15) is 0 Å². The highest BCUT2D eigenvalue weighted by Crippen LogP contribution is 2.54. The molecule has 4 heterocycles. The molecule has 2 N–H and O–H groups in total. The molecule has 1 aliphatic carbocycles. The van der Waals surface area contributed by atoms with Crippen LogP contribution in [0, 0.1) is 11.2 Å². The fourth-order valence-corrected chi connectivity index (χ4v) is 6.20. The van der Waals surface area contributed by atoms with Crippen molar-refractivity contribution in [2.45, 2.75) is 44.4 Å². The number of anilines is 3. The van der Waals surface area contributed by atoms with Crippen LogP contribution in [0.25, 0.3) is 17.1 Å². The van der Waals surface area contributed by atoms with Crippen molar-refractivity contribution in [3.63, 3.8) is 0 Å². The number of benzene rings is 1. The van der Waals surface area contributed by atoms with E-state index < -0.39 is 22.7 Å². The van der Waals surface area contributed by atoms with E-state index in [4.69, 9.17) is 5.11 Å². The molecule has 6 rings (SSSR count). The van der Waals surface area contributed by atoms with Crippen molar-refractivity contribution in [2.24, 2.45) is 5.41 Å². The monoisotopic (exact) mass is 575 g/mol. The summed E-state index contributed by atoms with van der Waals surface area (Å²) >= 11 is 0. The van der Waals surface area contributed by atoms with Crippen LogP contribution in [0.15, 0.2) is 36.5 Å². The second kappa shape index (κ2) is 10.7. The van der Waals surface area contributed by atoms with Crippen LogP contribution in [-0.2, 0) is 11.0 Å². The average Bonchev–Trinajstić information content (AvgIpc) is 3.50. The molecule has 2 aliphatic heterocycles. The molecule has 1 aromatic carbocycles. The number of hydrogen-bond donors (Lipinski definition) is 2. The van der Waals surface area contributed by atoms with Gasteiger partial charge >= 0.3 is 0 Å². The molecule has 3 aromatic rings. The molecule has 9 nitrogen and oxygen atoms in total. The Morgan fingerprint density at radius 2 is 1.65 bits per heavy atom. The van der Waals surface area contributed by atoms with Crippen molar-refractivity contribution in [3.8, 4) is 17.1 Å². The molecule has 1 unspecified atom stereocenters. The van der Waals surface area contributed by atoms with E-state index >= 15 is 0 Å². The normalized spacial score (nSPS) is 20.5. The third kappa shape index (κ3) is 5.67. The van der Waals surface area contributed by atoms with Gasteiger partial charge < -0.3 is 19.6 Å². The SMILES string of the molecule is O=S(CCO)Nc1ccc(-n2cc(-c3ccc(F)c(N4CCC(F)(F)CC4)n3)nn2)c(N2CCC3(CC2)CC3)c1. The lowest BCUT2D eigenvalue weighted by Gasteiger charge is -2.35. The minimum Gasteiger partial charge on any atom is -0.395 e. The Hall–Kier alpha value is -3.19. The molecule has 1 atom stereocenters. The number of nitrogens with one attached hydrogen (secondary N) is 1. The quantitative estimate of drug-likeness (QED) is 0.416. The van der Waals surface area contributed by atoms with Crippen LogP contribution in [0.3, 0.4) is 0 Å². The van der Waals surface area contributed by atoms with Crippen molar-refractivity contribution in [3.05, 3.63) is 42.3 Å². The van der Waals surface area contributed by atoms with Crippen LogP contribution in [-0.4, -0.2) is 73.8 Å². The zero-order valence-corrected chi connectivity index (χ0v) is 22.8. The Bertz CT molecular complexity index is 1390. The van der Waals surface area contributed by atoms with E-state index in [2.05, 4.69) is 24.9 Å². The van der Waals surface area contributed by atoms with E-state index in [1.807, 2.05) is 18.2 Å². The molecule has 1 saturated carbocycles. The summed E-state index contributed by atoms with van der Waals surface area (Å²) in [6.45, 7) is 1.67. The lowest BCUT2D eigenvalue weighted by atomic mass is 9.93. The van der Waals surface area contributed by atoms with Gasteiger partial charge in [0.15, 0.2) is 11.6 Å². The van der Waals surface area contributed by atoms with Gasteiger partial charge in [0, 0.05) is 44.7 Å². The molecule has 40 heavy (non-hydrogen) atoms. The lowest BCUT2D eigenvalue weighted by molar-refractivity contribution is -0.0222. The summed E-state index contributed by atoms with van der Waals surface area (Å²) in [7, 11) is -1.41. The Morgan fingerprint density at radius 3 is 2.35 bits per heavy atom. The maximum atomic E-state index is 14.6. The molecule has 0 radical (unpaired) electrons. The summed E-state index contributed by atoms with van der Waals surface area (Å²) in [5.74, 6) is -3.14. The van der Waals surface area contributed by atoms with E-state index in [0.29, 0.717) is 22.5 Å². The van der Waals surface area contributed by atoms with Crippen LogP contribution >= 0.6 is 0 Å². The first-order chi connectivity index (χ1) is 19.2. The molecule has 0 amide bonds.